The summed E-state index contributed by atoms with van der Waals surface area (Å²) in [5.74, 6) is 0.691. The van der Waals surface area contributed by atoms with Gasteiger partial charge < -0.3 is 0 Å². The van der Waals surface area contributed by atoms with Crippen molar-refractivity contribution >= 4 is 41.9 Å². The standard InChI is InChI=1S/C13H17Br2NO2S/c14-11-5-6-13(12(15)9-11)19(17,18)16-8-7-10-3-1-2-4-10/h5-6,9-10,16H,1-4,7-8H2. The lowest BCUT2D eigenvalue weighted by molar-refractivity contribution is 0.495. The van der Waals surface area contributed by atoms with Gasteiger partial charge in [0, 0.05) is 15.5 Å². The summed E-state index contributed by atoms with van der Waals surface area (Å²) in [6.45, 7) is 0.523. The molecule has 0 radical (unpaired) electrons. The Morgan fingerprint density at radius 2 is 1.89 bits per heavy atom. The second-order valence-corrected chi connectivity index (χ2v) is 8.42. The zero-order chi connectivity index (χ0) is 13.9. The highest BCUT2D eigenvalue weighted by Gasteiger charge is 2.19. The molecule has 0 amide bonds. The lowest BCUT2D eigenvalue weighted by atomic mass is 10.1. The minimum atomic E-state index is -3.42. The summed E-state index contributed by atoms with van der Waals surface area (Å²) in [5.41, 5.74) is 0. The summed E-state index contributed by atoms with van der Waals surface area (Å²) in [6, 6.07) is 5.08. The van der Waals surface area contributed by atoms with E-state index in [-0.39, 0.29) is 0 Å². The quantitative estimate of drug-likeness (QED) is 0.795. The van der Waals surface area contributed by atoms with Crippen LogP contribution < -0.4 is 4.72 Å². The molecule has 0 unspecified atom stereocenters. The van der Waals surface area contributed by atoms with Gasteiger partial charge in [-0.25, -0.2) is 13.1 Å². The first kappa shape index (κ1) is 15.5. The first-order valence-corrected chi connectivity index (χ1v) is 9.51. The summed E-state index contributed by atoms with van der Waals surface area (Å²) in [5, 5.41) is 0. The topological polar surface area (TPSA) is 46.2 Å². The van der Waals surface area contributed by atoms with Gasteiger partial charge in [-0.15, -0.1) is 0 Å². The summed E-state index contributed by atoms with van der Waals surface area (Å²) in [7, 11) is -3.42. The molecule has 19 heavy (non-hydrogen) atoms. The predicted octanol–water partition coefficient (Wildman–Crippen LogP) is 4.07. The number of halogens is 2. The monoisotopic (exact) mass is 409 g/mol. The fourth-order valence-electron chi connectivity index (χ4n) is 2.47. The Hall–Kier alpha value is 0.0900. The Morgan fingerprint density at radius 3 is 2.53 bits per heavy atom. The van der Waals surface area contributed by atoms with Crippen molar-refractivity contribution in [3.05, 3.63) is 27.1 Å². The van der Waals surface area contributed by atoms with E-state index >= 15 is 0 Å². The van der Waals surface area contributed by atoms with Crippen LogP contribution in [-0.2, 0) is 10.0 Å². The molecule has 1 aliphatic carbocycles. The fraction of sp³-hybridized carbons (Fsp3) is 0.538. The highest BCUT2D eigenvalue weighted by atomic mass is 79.9. The Kier molecular flexibility index (Phi) is 5.45. The second kappa shape index (κ2) is 6.70. The Balaban J connectivity index is 1.97. The van der Waals surface area contributed by atoms with Crippen LogP contribution in [0.2, 0.25) is 0 Å². The van der Waals surface area contributed by atoms with E-state index in [1.807, 2.05) is 0 Å². The third-order valence-electron chi connectivity index (χ3n) is 3.50. The van der Waals surface area contributed by atoms with Gasteiger partial charge in [-0.2, -0.15) is 0 Å². The molecule has 0 atom stereocenters. The molecule has 0 saturated heterocycles. The Morgan fingerprint density at radius 1 is 1.21 bits per heavy atom. The minimum absolute atomic E-state index is 0.294. The molecule has 1 fully saturated rings. The van der Waals surface area contributed by atoms with Crippen LogP contribution in [0, 0.1) is 5.92 Å². The van der Waals surface area contributed by atoms with Gasteiger partial charge in [-0.05, 0) is 46.5 Å². The SMILES string of the molecule is O=S(=O)(NCCC1CCCC1)c1ccc(Br)cc1Br. The molecule has 1 saturated carbocycles. The summed E-state index contributed by atoms with van der Waals surface area (Å²) >= 11 is 6.61. The van der Waals surface area contributed by atoms with Crippen molar-refractivity contribution in [2.45, 2.75) is 37.0 Å². The van der Waals surface area contributed by atoms with Gasteiger partial charge in [-0.1, -0.05) is 41.6 Å². The number of nitrogens with one attached hydrogen (secondary N) is 1. The maximum Gasteiger partial charge on any atom is 0.241 e. The number of rotatable bonds is 5. The zero-order valence-electron chi connectivity index (χ0n) is 10.5. The summed E-state index contributed by atoms with van der Waals surface area (Å²) in [4.78, 5) is 0.294. The average Bonchev–Trinajstić information content (AvgIpc) is 2.81. The molecule has 2 rings (SSSR count). The van der Waals surface area contributed by atoms with Crippen molar-refractivity contribution in [1.29, 1.82) is 0 Å². The number of benzene rings is 1. The molecule has 0 bridgehead atoms. The maximum absolute atomic E-state index is 12.2. The molecule has 3 nitrogen and oxygen atoms in total. The van der Waals surface area contributed by atoms with Crippen LogP contribution in [0.5, 0.6) is 0 Å². The minimum Gasteiger partial charge on any atom is -0.211 e. The predicted molar refractivity (Wildman–Crippen MR) is 83.6 cm³/mol. The van der Waals surface area contributed by atoms with E-state index in [2.05, 4.69) is 36.6 Å². The van der Waals surface area contributed by atoms with E-state index in [0.717, 1.165) is 10.9 Å². The normalized spacial score (nSPS) is 16.9. The van der Waals surface area contributed by atoms with Crippen LogP contribution in [0.15, 0.2) is 32.0 Å². The highest BCUT2D eigenvalue weighted by molar-refractivity contribution is 9.11. The van der Waals surface area contributed by atoms with Crippen molar-refractivity contribution in [2.24, 2.45) is 5.92 Å². The van der Waals surface area contributed by atoms with Crippen molar-refractivity contribution in [1.82, 2.24) is 4.72 Å². The largest absolute Gasteiger partial charge is 0.241 e. The molecule has 1 N–H and O–H groups in total. The summed E-state index contributed by atoms with van der Waals surface area (Å²) in [6.07, 6.45) is 5.99. The smallest absolute Gasteiger partial charge is 0.211 e. The Bertz CT molecular complexity index is 540. The third-order valence-corrected chi connectivity index (χ3v) is 6.43. The van der Waals surface area contributed by atoms with Crippen LogP contribution in [0.3, 0.4) is 0 Å². The lowest BCUT2D eigenvalue weighted by Crippen LogP contribution is -2.26. The van der Waals surface area contributed by atoms with E-state index in [9.17, 15) is 8.42 Å². The molecular formula is C13H17Br2NO2S. The van der Waals surface area contributed by atoms with Crippen molar-refractivity contribution in [3.63, 3.8) is 0 Å². The van der Waals surface area contributed by atoms with Gasteiger partial charge in [0.25, 0.3) is 0 Å². The van der Waals surface area contributed by atoms with E-state index in [0.29, 0.717) is 21.8 Å². The molecule has 0 aliphatic heterocycles. The Labute approximate surface area is 131 Å². The number of hydrogen-bond donors (Lipinski definition) is 1. The average molecular weight is 411 g/mol. The second-order valence-electron chi connectivity index (χ2n) is 4.91. The van der Waals surface area contributed by atoms with Crippen molar-refractivity contribution in [3.8, 4) is 0 Å². The number of sulfonamides is 1. The van der Waals surface area contributed by atoms with Crippen molar-refractivity contribution in [2.75, 3.05) is 6.54 Å². The van der Waals surface area contributed by atoms with Crippen LogP contribution >= 0.6 is 31.9 Å². The van der Waals surface area contributed by atoms with Crippen LogP contribution in [0.1, 0.15) is 32.1 Å². The molecule has 6 heteroatoms. The first-order valence-electron chi connectivity index (χ1n) is 6.44. The van der Waals surface area contributed by atoms with Gasteiger partial charge in [0.15, 0.2) is 0 Å². The van der Waals surface area contributed by atoms with Crippen LogP contribution in [0.25, 0.3) is 0 Å². The molecule has 1 aromatic rings. The number of hydrogen-bond acceptors (Lipinski definition) is 2. The van der Waals surface area contributed by atoms with Crippen molar-refractivity contribution < 1.29 is 8.42 Å². The van der Waals surface area contributed by atoms with E-state index < -0.39 is 10.0 Å². The summed E-state index contributed by atoms with van der Waals surface area (Å²) < 4.78 is 28.5. The molecule has 1 aliphatic rings. The van der Waals surface area contributed by atoms with E-state index in [1.165, 1.54) is 25.7 Å². The highest BCUT2D eigenvalue weighted by Crippen LogP contribution is 2.28. The third kappa shape index (κ3) is 4.28. The molecule has 0 spiro atoms. The van der Waals surface area contributed by atoms with Gasteiger partial charge in [0.1, 0.15) is 0 Å². The molecule has 0 heterocycles. The van der Waals surface area contributed by atoms with Crippen LogP contribution in [-0.4, -0.2) is 15.0 Å². The lowest BCUT2D eigenvalue weighted by Gasteiger charge is -2.11. The molecule has 0 aromatic heterocycles. The molecular weight excluding hydrogens is 394 g/mol. The molecule has 106 valence electrons. The van der Waals surface area contributed by atoms with Gasteiger partial charge >= 0.3 is 0 Å². The van der Waals surface area contributed by atoms with Gasteiger partial charge in [0.2, 0.25) is 10.0 Å². The van der Waals surface area contributed by atoms with E-state index in [4.69, 9.17) is 0 Å². The first-order chi connectivity index (χ1) is 8.99. The van der Waals surface area contributed by atoms with Crippen LogP contribution in [0.4, 0.5) is 0 Å². The van der Waals surface area contributed by atoms with Gasteiger partial charge in [-0.3, -0.25) is 0 Å². The van der Waals surface area contributed by atoms with Gasteiger partial charge in [0.05, 0.1) is 4.90 Å². The fourth-order valence-corrected chi connectivity index (χ4v) is 5.26. The zero-order valence-corrected chi connectivity index (χ0v) is 14.5. The van der Waals surface area contributed by atoms with E-state index in [1.54, 1.807) is 18.2 Å². The maximum atomic E-state index is 12.2. The molecule has 1 aromatic carbocycles.